The number of nitrogens with one attached hydrogen (secondary N) is 1. The van der Waals surface area contributed by atoms with Gasteiger partial charge < -0.3 is 9.88 Å². The maximum atomic E-state index is 13.8. The van der Waals surface area contributed by atoms with E-state index in [-0.39, 0.29) is 15.9 Å². The van der Waals surface area contributed by atoms with Crippen molar-refractivity contribution in [3.05, 3.63) is 57.5 Å². The molecule has 2 aromatic carbocycles. The molecule has 0 radical (unpaired) electrons. The average molecular weight is 488 g/mol. The van der Waals surface area contributed by atoms with Crippen LogP contribution in [0.2, 0.25) is 5.02 Å². The third-order valence-corrected chi connectivity index (χ3v) is 5.58. The molecule has 0 aliphatic heterocycles. The molecular formula is C18H14BrClF2N4OS. The third-order valence-electron chi connectivity index (χ3n) is 3.74. The Balaban J connectivity index is 1.71. The van der Waals surface area contributed by atoms with E-state index in [9.17, 15) is 13.6 Å². The predicted molar refractivity (Wildman–Crippen MR) is 110 cm³/mol. The largest absolute Gasteiger partial charge is 0.322 e. The number of hydrogen-bond donors (Lipinski definition) is 1. The van der Waals surface area contributed by atoms with Crippen LogP contribution in [0.15, 0.2) is 46.0 Å². The van der Waals surface area contributed by atoms with E-state index in [1.54, 1.807) is 12.1 Å². The Morgan fingerprint density at radius 3 is 2.61 bits per heavy atom. The summed E-state index contributed by atoms with van der Waals surface area (Å²) < 4.78 is 29.0. The molecule has 0 saturated carbocycles. The van der Waals surface area contributed by atoms with E-state index in [1.807, 2.05) is 23.6 Å². The molecule has 0 aliphatic carbocycles. The molecule has 3 aromatic rings. The van der Waals surface area contributed by atoms with E-state index in [0.29, 0.717) is 28.6 Å². The molecule has 28 heavy (non-hydrogen) atoms. The maximum absolute atomic E-state index is 13.8. The van der Waals surface area contributed by atoms with E-state index < -0.39 is 17.5 Å². The molecule has 0 unspecified atom stereocenters. The number of aromatic nitrogens is 3. The number of anilines is 1. The summed E-state index contributed by atoms with van der Waals surface area (Å²) in [7, 11) is 0. The van der Waals surface area contributed by atoms with Gasteiger partial charge in [-0.05, 0) is 53.2 Å². The molecule has 0 atom stereocenters. The van der Waals surface area contributed by atoms with Crippen molar-refractivity contribution in [1.29, 1.82) is 0 Å². The summed E-state index contributed by atoms with van der Waals surface area (Å²) in [5.74, 6) is -1.39. The summed E-state index contributed by atoms with van der Waals surface area (Å²) in [6.45, 7) is 2.55. The minimum Gasteiger partial charge on any atom is -0.322 e. The van der Waals surface area contributed by atoms with Crippen molar-refractivity contribution < 1.29 is 13.6 Å². The standard InChI is InChI=1S/C18H14BrClF2N4OS/c1-2-26-17(10-3-5-11(20)6-4-10)24-25-18(26)28-9-15(27)23-16-13(19)7-12(21)8-14(16)22/h3-8H,2,9H2,1H3,(H,23,27). The van der Waals surface area contributed by atoms with Crippen LogP contribution in [0.3, 0.4) is 0 Å². The third kappa shape index (κ3) is 4.71. The van der Waals surface area contributed by atoms with Gasteiger partial charge in [0, 0.05) is 27.7 Å². The predicted octanol–water partition coefficient (Wildman–Crippen LogP) is 5.39. The second kappa shape index (κ2) is 9.02. The number of rotatable bonds is 6. The quantitative estimate of drug-likeness (QED) is 0.474. The summed E-state index contributed by atoms with van der Waals surface area (Å²) in [6, 6.07) is 9.00. The molecule has 3 rings (SSSR count). The summed E-state index contributed by atoms with van der Waals surface area (Å²) >= 11 is 10.1. The molecule has 5 nitrogen and oxygen atoms in total. The van der Waals surface area contributed by atoms with Crippen LogP contribution >= 0.6 is 39.3 Å². The number of hydrogen-bond acceptors (Lipinski definition) is 4. The van der Waals surface area contributed by atoms with Gasteiger partial charge in [0.1, 0.15) is 5.82 Å². The van der Waals surface area contributed by atoms with Gasteiger partial charge >= 0.3 is 0 Å². The van der Waals surface area contributed by atoms with Gasteiger partial charge in [-0.15, -0.1) is 10.2 Å². The minimum atomic E-state index is -0.855. The molecule has 1 heterocycles. The lowest BCUT2D eigenvalue weighted by molar-refractivity contribution is -0.113. The van der Waals surface area contributed by atoms with Crippen LogP contribution in [0.1, 0.15) is 6.92 Å². The lowest BCUT2D eigenvalue weighted by atomic mass is 10.2. The van der Waals surface area contributed by atoms with Crippen molar-refractivity contribution in [2.24, 2.45) is 0 Å². The highest BCUT2D eigenvalue weighted by atomic mass is 79.9. The number of amides is 1. The van der Waals surface area contributed by atoms with Crippen LogP contribution in [0.25, 0.3) is 11.4 Å². The van der Waals surface area contributed by atoms with Crippen LogP contribution in [0, 0.1) is 11.6 Å². The fourth-order valence-corrected chi connectivity index (χ4v) is 3.90. The Hall–Kier alpha value is -1.97. The molecule has 10 heteroatoms. The smallest absolute Gasteiger partial charge is 0.234 e. The number of carbonyl (C=O) groups is 1. The van der Waals surface area contributed by atoms with Crippen LogP contribution in [-0.2, 0) is 11.3 Å². The van der Waals surface area contributed by atoms with Gasteiger partial charge in [-0.3, -0.25) is 4.79 Å². The Labute approximate surface area is 177 Å². The van der Waals surface area contributed by atoms with Gasteiger partial charge in [-0.2, -0.15) is 0 Å². The van der Waals surface area contributed by atoms with Gasteiger partial charge in [0.05, 0.1) is 11.4 Å². The fraction of sp³-hybridized carbons (Fsp3) is 0.167. The number of thioether (sulfide) groups is 1. The Morgan fingerprint density at radius 2 is 1.96 bits per heavy atom. The minimum absolute atomic E-state index is 0.0119. The molecule has 1 N–H and O–H groups in total. The summed E-state index contributed by atoms with van der Waals surface area (Å²) in [5, 5.41) is 12.0. The van der Waals surface area contributed by atoms with Crippen LogP contribution in [-0.4, -0.2) is 26.4 Å². The SMILES string of the molecule is CCn1c(SCC(=O)Nc2c(F)cc(F)cc2Br)nnc1-c1ccc(Cl)cc1. The number of benzene rings is 2. The van der Waals surface area contributed by atoms with Crippen molar-refractivity contribution in [3.8, 4) is 11.4 Å². The van der Waals surface area contributed by atoms with Crippen LogP contribution in [0.4, 0.5) is 14.5 Å². The van der Waals surface area contributed by atoms with Crippen molar-refractivity contribution >= 4 is 50.9 Å². The lowest BCUT2D eigenvalue weighted by Crippen LogP contribution is -2.16. The highest BCUT2D eigenvalue weighted by molar-refractivity contribution is 9.10. The van der Waals surface area contributed by atoms with Crippen molar-refractivity contribution in [3.63, 3.8) is 0 Å². The molecule has 1 amide bonds. The first-order valence-corrected chi connectivity index (χ1v) is 10.3. The first kappa shape index (κ1) is 20.8. The van der Waals surface area contributed by atoms with Gasteiger partial charge in [0.25, 0.3) is 0 Å². The van der Waals surface area contributed by atoms with Crippen LogP contribution in [0.5, 0.6) is 0 Å². The van der Waals surface area contributed by atoms with E-state index >= 15 is 0 Å². The Kier molecular flexibility index (Phi) is 6.69. The number of halogens is 4. The monoisotopic (exact) mass is 486 g/mol. The van der Waals surface area contributed by atoms with Crippen molar-refractivity contribution in [2.45, 2.75) is 18.6 Å². The molecule has 0 fully saturated rings. The average Bonchev–Trinajstić information content (AvgIpc) is 3.06. The maximum Gasteiger partial charge on any atom is 0.234 e. The van der Waals surface area contributed by atoms with E-state index in [4.69, 9.17) is 11.6 Å². The topological polar surface area (TPSA) is 59.8 Å². The number of carbonyl (C=O) groups excluding carboxylic acids is 1. The molecule has 1 aromatic heterocycles. The second-order valence-corrected chi connectivity index (χ2v) is 7.87. The zero-order valence-electron chi connectivity index (χ0n) is 14.5. The molecule has 0 bridgehead atoms. The Morgan fingerprint density at radius 1 is 1.25 bits per heavy atom. The van der Waals surface area contributed by atoms with E-state index in [0.717, 1.165) is 11.6 Å². The first-order chi connectivity index (χ1) is 13.4. The number of nitrogens with zero attached hydrogens (tertiary/aromatic N) is 3. The van der Waals surface area contributed by atoms with Crippen LogP contribution < -0.4 is 5.32 Å². The Bertz CT molecular complexity index is 990. The summed E-state index contributed by atoms with van der Waals surface area (Å²) in [6.07, 6.45) is 0. The highest BCUT2D eigenvalue weighted by Gasteiger charge is 2.16. The molecule has 0 saturated heterocycles. The molecule has 0 spiro atoms. The van der Waals surface area contributed by atoms with Gasteiger partial charge in [-0.1, -0.05) is 23.4 Å². The van der Waals surface area contributed by atoms with Gasteiger partial charge in [0.2, 0.25) is 5.91 Å². The lowest BCUT2D eigenvalue weighted by Gasteiger charge is -2.09. The van der Waals surface area contributed by atoms with Gasteiger partial charge in [-0.25, -0.2) is 8.78 Å². The van der Waals surface area contributed by atoms with Crippen molar-refractivity contribution in [1.82, 2.24) is 14.8 Å². The molecular weight excluding hydrogens is 474 g/mol. The highest BCUT2D eigenvalue weighted by Crippen LogP contribution is 2.28. The zero-order chi connectivity index (χ0) is 20.3. The fourth-order valence-electron chi connectivity index (χ4n) is 2.46. The molecule has 0 aliphatic rings. The second-order valence-electron chi connectivity index (χ2n) is 5.64. The summed E-state index contributed by atoms with van der Waals surface area (Å²) in [4.78, 5) is 12.2. The normalized spacial score (nSPS) is 10.9. The van der Waals surface area contributed by atoms with E-state index in [2.05, 4.69) is 31.4 Å². The molecule has 146 valence electrons. The first-order valence-electron chi connectivity index (χ1n) is 8.15. The summed E-state index contributed by atoms with van der Waals surface area (Å²) in [5.41, 5.74) is 0.748. The van der Waals surface area contributed by atoms with Crippen molar-refractivity contribution in [2.75, 3.05) is 11.1 Å². The van der Waals surface area contributed by atoms with Gasteiger partial charge in [0.15, 0.2) is 16.8 Å². The zero-order valence-corrected chi connectivity index (χ0v) is 17.7. The van der Waals surface area contributed by atoms with E-state index in [1.165, 1.54) is 11.8 Å².